The van der Waals surface area contributed by atoms with Crippen molar-refractivity contribution >= 4 is 28.7 Å². The van der Waals surface area contributed by atoms with Gasteiger partial charge >= 0.3 is 0 Å². The molecule has 0 spiro atoms. The van der Waals surface area contributed by atoms with Crippen molar-refractivity contribution in [3.63, 3.8) is 0 Å². The van der Waals surface area contributed by atoms with E-state index in [1.165, 1.54) is 0 Å². The van der Waals surface area contributed by atoms with Crippen LogP contribution in [0.15, 0.2) is 66.7 Å². The van der Waals surface area contributed by atoms with Gasteiger partial charge in [0.1, 0.15) is 5.75 Å². The van der Waals surface area contributed by atoms with E-state index in [0.29, 0.717) is 17.6 Å². The third-order valence-corrected chi connectivity index (χ3v) is 3.47. The lowest BCUT2D eigenvalue weighted by Crippen LogP contribution is -2.20. The molecule has 0 unspecified atom stereocenters. The predicted molar refractivity (Wildman–Crippen MR) is 89.9 cm³/mol. The lowest BCUT2D eigenvalue weighted by atomic mass is 10.1. The van der Waals surface area contributed by atoms with Crippen LogP contribution in [0.1, 0.15) is 10.4 Å². The Morgan fingerprint density at radius 3 is 2.57 bits per heavy atom. The highest BCUT2D eigenvalue weighted by Gasteiger charge is 2.08. The molecule has 1 N–H and O–H groups in total. The maximum atomic E-state index is 12.1. The molecule has 114 valence electrons. The number of benzene rings is 3. The van der Waals surface area contributed by atoms with E-state index >= 15 is 0 Å². The van der Waals surface area contributed by atoms with Gasteiger partial charge in [-0.15, -0.1) is 0 Å². The molecule has 3 rings (SSSR count). The van der Waals surface area contributed by atoms with Gasteiger partial charge in [0.05, 0.1) is 5.56 Å². The molecule has 3 aromatic carbocycles. The number of hydrogen-bond donors (Lipinski definition) is 1. The summed E-state index contributed by atoms with van der Waals surface area (Å²) in [7, 11) is 0. The van der Waals surface area contributed by atoms with Gasteiger partial charge in [-0.3, -0.25) is 9.59 Å². The highest BCUT2D eigenvalue weighted by atomic mass is 16.5. The van der Waals surface area contributed by atoms with Crippen LogP contribution in [-0.2, 0) is 4.79 Å². The SMILES string of the molecule is O=Cc1ccccc1OCC(=O)Nc1cccc2ccccc12. The molecular weight excluding hydrogens is 290 g/mol. The number of fused-ring (bicyclic) bond motifs is 1. The normalized spacial score (nSPS) is 10.3. The number of carbonyl (C=O) groups is 2. The number of hydrogen-bond acceptors (Lipinski definition) is 3. The minimum atomic E-state index is -0.276. The van der Waals surface area contributed by atoms with Crippen molar-refractivity contribution in [2.45, 2.75) is 0 Å². The zero-order valence-electron chi connectivity index (χ0n) is 12.4. The maximum absolute atomic E-state index is 12.1. The molecule has 0 aromatic heterocycles. The Labute approximate surface area is 133 Å². The molecule has 0 saturated carbocycles. The quantitative estimate of drug-likeness (QED) is 0.732. The van der Waals surface area contributed by atoms with Crippen molar-refractivity contribution in [2.24, 2.45) is 0 Å². The highest BCUT2D eigenvalue weighted by molar-refractivity contribution is 6.02. The fourth-order valence-electron chi connectivity index (χ4n) is 2.37. The van der Waals surface area contributed by atoms with E-state index in [2.05, 4.69) is 5.32 Å². The molecule has 0 aliphatic heterocycles. The average molecular weight is 305 g/mol. The fraction of sp³-hybridized carbons (Fsp3) is 0.0526. The summed E-state index contributed by atoms with van der Waals surface area (Å²) in [6.45, 7) is -0.159. The Balaban J connectivity index is 1.71. The summed E-state index contributed by atoms with van der Waals surface area (Å²) in [6.07, 6.45) is 0.706. The fourth-order valence-corrected chi connectivity index (χ4v) is 2.37. The van der Waals surface area contributed by atoms with Gasteiger partial charge in [0.25, 0.3) is 5.91 Å². The summed E-state index contributed by atoms with van der Waals surface area (Å²) in [5.74, 6) is 0.123. The van der Waals surface area contributed by atoms with Crippen molar-refractivity contribution in [1.29, 1.82) is 0 Å². The predicted octanol–water partition coefficient (Wildman–Crippen LogP) is 3.67. The van der Waals surface area contributed by atoms with E-state index < -0.39 is 0 Å². The largest absolute Gasteiger partial charge is 0.483 e. The molecule has 0 aliphatic carbocycles. The first kappa shape index (κ1) is 14.8. The minimum absolute atomic E-state index is 0.159. The van der Waals surface area contributed by atoms with Crippen LogP contribution in [-0.4, -0.2) is 18.8 Å². The van der Waals surface area contributed by atoms with Crippen molar-refractivity contribution < 1.29 is 14.3 Å². The highest BCUT2D eigenvalue weighted by Crippen LogP contribution is 2.23. The molecule has 0 saturated heterocycles. The zero-order valence-corrected chi connectivity index (χ0v) is 12.4. The lowest BCUT2D eigenvalue weighted by molar-refractivity contribution is -0.118. The number of aldehydes is 1. The van der Waals surface area contributed by atoms with Crippen LogP contribution in [0.3, 0.4) is 0 Å². The van der Waals surface area contributed by atoms with Crippen molar-refractivity contribution in [1.82, 2.24) is 0 Å². The van der Waals surface area contributed by atoms with Gasteiger partial charge in [-0.2, -0.15) is 0 Å². The second kappa shape index (κ2) is 6.75. The molecule has 0 heterocycles. The lowest BCUT2D eigenvalue weighted by Gasteiger charge is -2.10. The number of ether oxygens (including phenoxy) is 1. The van der Waals surface area contributed by atoms with E-state index in [9.17, 15) is 9.59 Å². The molecule has 4 heteroatoms. The van der Waals surface area contributed by atoms with Crippen LogP contribution in [0.25, 0.3) is 10.8 Å². The van der Waals surface area contributed by atoms with E-state index in [1.807, 2.05) is 42.5 Å². The van der Waals surface area contributed by atoms with Crippen molar-refractivity contribution in [3.05, 3.63) is 72.3 Å². The average Bonchev–Trinajstić information content (AvgIpc) is 2.60. The molecule has 0 aliphatic rings. The van der Waals surface area contributed by atoms with Crippen LogP contribution in [0, 0.1) is 0 Å². The summed E-state index contributed by atoms with van der Waals surface area (Å²) in [6, 6.07) is 20.3. The standard InChI is InChI=1S/C19H15NO3/c21-12-15-7-2-4-11-18(15)23-13-19(22)20-17-10-5-8-14-6-1-3-9-16(14)17/h1-12H,13H2,(H,20,22). The number of para-hydroxylation sites is 1. The van der Waals surface area contributed by atoms with Gasteiger partial charge in [0.15, 0.2) is 12.9 Å². The first-order valence-corrected chi connectivity index (χ1v) is 7.22. The number of nitrogens with one attached hydrogen (secondary N) is 1. The van der Waals surface area contributed by atoms with E-state index in [4.69, 9.17) is 4.74 Å². The minimum Gasteiger partial charge on any atom is -0.483 e. The van der Waals surface area contributed by atoms with Crippen LogP contribution < -0.4 is 10.1 Å². The van der Waals surface area contributed by atoms with E-state index in [-0.39, 0.29) is 12.5 Å². The molecule has 3 aromatic rings. The van der Waals surface area contributed by atoms with Crippen molar-refractivity contribution in [3.8, 4) is 5.75 Å². The van der Waals surface area contributed by atoms with Crippen LogP contribution in [0.4, 0.5) is 5.69 Å². The Morgan fingerprint density at radius 2 is 1.70 bits per heavy atom. The molecule has 4 nitrogen and oxygen atoms in total. The Kier molecular flexibility index (Phi) is 4.34. The second-order valence-electron chi connectivity index (χ2n) is 5.02. The monoisotopic (exact) mass is 305 g/mol. The maximum Gasteiger partial charge on any atom is 0.262 e. The summed E-state index contributed by atoms with van der Waals surface area (Å²) in [5.41, 5.74) is 1.16. The smallest absolute Gasteiger partial charge is 0.262 e. The first-order valence-electron chi connectivity index (χ1n) is 7.22. The number of rotatable bonds is 5. The molecule has 23 heavy (non-hydrogen) atoms. The Hall–Kier alpha value is -3.14. The molecule has 0 fully saturated rings. The summed E-state index contributed by atoms with van der Waals surface area (Å²) in [4.78, 5) is 23.0. The molecular formula is C19H15NO3. The van der Waals surface area contributed by atoms with Crippen LogP contribution >= 0.6 is 0 Å². The summed E-state index contributed by atoms with van der Waals surface area (Å²) in [5, 5.41) is 4.86. The van der Waals surface area contributed by atoms with Gasteiger partial charge in [0.2, 0.25) is 0 Å². The molecule has 1 amide bonds. The first-order chi connectivity index (χ1) is 11.3. The topological polar surface area (TPSA) is 55.4 Å². The van der Waals surface area contributed by atoms with Crippen LogP contribution in [0.5, 0.6) is 5.75 Å². The number of amides is 1. The second-order valence-corrected chi connectivity index (χ2v) is 5.02. The number of carbonyl (C=O) groups excluding carboxylic acids is 2. The van der Waals surface area contributed by atoms with Crippen LogP contribution in [0.2, 0.25) is 0 Å². The van der Waals surface area contributed by atoms with Crippen molar-refractivity contribution in [2.75, 3.05) is 11.9 Å². The van der Waals surface area contributed by atoms with E-state index in [1.54, 1.807) is 24.3 Å². The Morgan fingerprint density at radius 1 is 0.957 bits per heavy atom. The Bertz CT molecular complexity index is 853. The van der Waals surface area contributed by atoms with Gasteiger partial charge < -0.3 is 10.1 Å². The van der Waals surface area contributed by atoms with Gasteiger partial charge in [-0.1, -0.05) is 48.5 Å². The third-order valence-electron chi connectivity index (χ3n) is 3.47. The van der Waals surface area contributed by atoms with E-state index in [0.717, 1.165) is 16.5 Å². The molecule has 0 atom stereocenters. The third kappa shape index (κ3) is 3.37. The van der Waals surface area contributed by atoms with Gasteiger partial charge in [-0.25, -0.2) is 0 Å². The molecule has 0 bridgehead atoms. The summed E-state index contributed by atoms with van der Waals surface area (Å²) >= 11 is 0. The molecule has 0 radical (unpaired) electrons. The zero-order chi connectivity index (χ0) is 16.1. The summed E-state index contributed by atoms with van der Waals surface area (Å²) < 4.78 is 5.43. The number of anilines is 1. The van der Waals surface area contributed by atoms with Gasteiger partial charge in [-0.05, 0) is 23.6 Å². The van der Waals surface area contributed by atoms with Gasteiger partial charge in [0, 0.05) is 11.1 Å².